The molecule has 3 rings (SSSR count). The molecular formula is C16H14BrN3. The molecule has 0 bridgehead atoms. The summed E-state index contributed by atoms with van der Waals surface area (Å²) in [6.45, 7) is 0.795. The Bertz CT molecular complexity index is 728. The molecular weight excluding hydrogens is 314 g/mol. The lowest BCUT2D eigenvalue weighted by Crippen LogP contribution is -2.18. The molecule has 0 N–H and O–H groups in total. The Labute approximate surface area is 126 Å². The van der Waals surface area contributed by atoms with E-state index < -0.39 is 0 Å². The van der Waals surface area contributed by atoms with Crippen LogP contribution in [0.4, 0.5) is 5.95 Å². The maximum Gasteiger partial charge on any atom is 0.225 e. The molecule has 1 aromatic heterocycles. The average Bonchev–Trinajstić information content (AvgIpc) is 2.47. The molecule has 2 aromatic carbocycles. The first kappa shape index (κ1) is 13.1. The van der Waals surface area contributed by atoms with E-state index in [2.05, 4.69) is 42.9 Å². The van der Waals surface area contributed by atoms with Gasteiger partial charge in [0.15, 0.2) is 0 Å². The van der Waals surface area contributed by atoms with E-state index in [9.17, 15) is 0 Å². The molecule has 0 aliphatic heterocycles. The van der Waals surface area contributed by atoms with Gasteiger partial charge in [-0.15, -0.1) is 0 Å². The third-order valence-electron chi connectivity index (χ3n) is 3.13. The Hall–Kier alpha value is -1.94. The second-order valence-corrected chi connectivity index (χ2v) is 5.63. The summed E-state index contributed by atoms with van der Waals surface area (Å²) in [5.41, 5.74) is 2.20. The molecule has 3 nitrogen and oxygen atoms in total. The average molecular weight is 328 g/mol. The number of nitrogens with zero attached hydrogens (tertiary/aromatic N) is 3. The molecule has 0 aliphatic rings. The van der Waals surface area contributed by atoms with Crippen molar-refractivity contribution in [2.45, 2.75) is 6.54 Å². The molecule has 0 saturated heterocycles. The number of rotatable bonds is 3. The van der Waals surface area contributed by atoms with Gasteiger partial charge in [-0.25, -0.2) is 9.97 Å². The molecule has 20 heavy (non-hydrogen) atoms. The van der Waals surface area contributed by atoms with E-state index in [4.69, 9.17) is 0 Å². The zero-order chi connectivity index (χ0) is 13.9. The van der Waals surface area contributed by atoms with Crippen LogP contribution in [-0.4, -0.2) is 17.0 Å². The van der Waals surface area contributed by atoms with Crippen molar-refractivity contribution in [2.24, 2.45) is 0 Å². The third-order valence-corrected chi connectivity index (χ3v) is 3.63. The Balaban J connectivity index is 1.88. The van der Waals surface area contributed by atoms with Crippen molar-refractivity contribution < 1.29 is 0 Å². The highest BCUT2D eigenvalue weighted by Gasteiger charge is 2.06. The highest BCUT2D eigenvalue weighted by molar-refractivity contribution is 9.10. The standard InChI is InChI=1S/C16H14BrN3/c1-20(11-12-5-3-2-4-6-12)16-18-10-13-9-14(17)7-8-15(13)19-16/h2-10H,11H2,1H3. The number of hydrogen-bond acceptors (Lipinski definition) is 3. The molecule has 0 unspecified atom stereocenters. The first-order valence-corrected chi connectivity index (χ1v) is 7.19. The van der Waals surface area contributed by atoms with Gasteiger partial charge in [0.25, 0.3) is 0 Å². The SMILES string of the molecule is CN(Cc1ccccc1)c1ncc2cc(Br)ccc2n1. The highest BCUT2D eigenvalue weighted by atomic mass is 79.9. The molecule has 0 spiro atoms. The summed E-state index contributed by atoms with van der Waals surface area (Å²) in [5.74, 6) is 0.740. The quantitative estimate of drug-likeness (QED) is 0.727. The summed E-state index contributed by atoms with van der Waals surface area (Å²) in [7, 11) is 2.01. The molecule has 0 fully saturated rings. The molecule has 4 heteroatoms. The molecule has 100 valence electrons. The van der Waals surface area contributed by atoms with Crippen molar-refractivity contribution in [3.05, 3.63) is 64.8 Å². The van der Waals surface area contributed by atoms with Gasteiger partial charge in [-0.3, -0.25) is 0 Å². The van der Waals surface area contributed by atoms with Crippen molar-refractivity contribution in [1.29, 1.82) is 0 Å². The second-order valence-electron chi connectivity index (χ2n) is 4.71. The predicted molar refractivity (Wildman–Crippen MR) is 85.8 cm³/mol. The van der Waals surface area contributed by atoms with E-state index >= 15 is 0 Å². The van der Waals surface area contributed by atoms with Crippen LogP contribution in [0.2, 0.25) is 0 Å². The van der Waals surface area contributed by atoms with Crippen LogP contribution in [0.25, 0.3) is 10.9 Å². The maximum atomic E-state index is 4.61. The largest absolute Gasteiger partial charge is 0.340 e. The van der Waals surface area contributed by atoms with Gasteiger partial charge in [0.05, 0.1) is 5.52 Å². The van der Waals surface area contributed by atoms with E-state index in [0.717, 1.165) is 27.9 Å². The molecule has 0 radical (unpaired) electrons. The van der Waals surface area contributed by atoms with Crippen LogP contribution in [0, 0.1) is 0 Å². The van der Waals surface area contributed by atoms with Gasteiger partial charge in [-0.1, -0.05) is 46.3 Å². The first-order valence-electron chi connectivity index (χ1n) is 6.40. The normalized spacial score (nSPS) is 10.7. The summed E-state index contributed by atoms with van der Waals surface area (Å²) in [5, 5.41) is 1.04. The Morgan fingerprint density at radius 3 is 2.70 bits per heavy atom. The van der Waals surface area contributed by atoms with Crippen molar-refractivity contribution in [3.63, 3.8) is 0 Å². The minimum Gasteiger partial charge on any atom is -0.340 e. The topological polar surface area (TPSA) is 29.0 Å². The Morgan fingerprint density at radius 2 is 1.90 bits per heavy atom. The molecule has 0 saturated carbocycles. The van der Waals surface area contributed by atoms with Gasteiger partial charge in [-0.2, -0.15) is 0 Å². The highest BCUT2D eigenvalue weighted by Crippen LogP contribution is 2.20. The van der Waals surface area contributed by atoms with Crippen molar-refractivity contribution >= 4 is 32.8 Å². The summed E-state index contributed by atoms with van der Waals surface area (Å²) in [6.07, 6.45) is 1.86. The number of fused-ring (bicyclic) bond motifs is 1. The number of hydrogen-bond donors (Lipinski definition) is 0. The van der Waals surface area contributed by atoms with E-state index in [1.807, 2.05) is 49.6 Å². The van der Waals surface area contributed by atoms with Crippen molar-refractivity contribution in [2.75, 3.05) is 11.9 Å². The molecule has 0 atom stereocenters. The monoisotopic (exact) mass is 327 g/mol. The summed E-state index contributed by atoms with van der Waals surface area (Å²) in [6, 6.07) is 16.3. The van der Waals surface area contributed by atoms with Gasteiger partial charge >= 0.3 is 0 Å². The smallest absolute Gasteiger partial charge is 0.225 e. The van der Waals surface area contributed by atoms with Crippen LogP contribution in [-0.2, 0) is 6.54 Å². The van der Waals surface area contributed by atoms with Crippen LogP contribution in [0.15, 0.2) is 59.2 Å². The number of benzene rings is 2. The summed E-state index contributed by atoms with van der Waals surface area (Å²) >= 11 is 3.46. The predicted octanol–water partition coefficient (Wildman–Crippen LogP) is 4.03. The first-order chi connectivity index (χ1) is 9.72. The fourth-order valence-corrected chi connectivity index (χ4v) is 2.49. The Morgan fingerprint density at radius 1 is 1.10 bits per heavy atom. The van der Waals surface area contributed by atoms with Gasteiger partial charge in [0, 0.05) is 29.6 Å². The molecule has 3 aromatic rings. The lowest BCUT2D eigenvalue weighted by molar-refractivity contribution is 0.873. The van der Waals surface area contributed by atoms with Crippen LogP contribution >= 0.6 is 15.9 Å². The summed E-state index contributed by atoms with van der Waals surface area (Å²) in [4.78, 5) is 11.1. The van der Waals surface area contributed by atoms with E-state index in [1.54, 1.807) is 0 Å². The number of aromatic nitrogens is 2. The van der Waals surface area contributed by atoms with Crippen LogP contribution in [0.1, 0.15) is 5.56 Å². The lowest BCUT2D eigenvalue weighted by atomic mass is 10.2. The van der Waals surface area contributed by atoms with E-state index in [1.165, 1.54) is 5.56 Å². The van der Waals surface area contributed by atoms with Crippen LogP contribution < -0.4 is 4.90 Å². The van der Waals surface area contributed by atoms with Gasteiger partial charge < -0.3 is 4.90 Å². The zero-order valence-electron chi connectivity index (χ0n) is 11.1. The lowest BCUT2D eigenvalue weighted by Gasteiger charge is -2.17. The van der Waals surface area contributed by atoms with Gasteiger partial charge in [0.1, 0.15) is 0 Å². The van der Waals surface area contributed by atoms with E-state index in [0.29, 0.717) is 0 Å². The number of anilines is 1. The van der Waals surface area contributed by atoms with Gasteiger partial charge in [0.2, 0.25) is 5.95 Å². The van der Waals surface area contributed by atoms with Crippen LogP contribution in [0.5, 0.6) is 0 Å². The maximum absolute atomic E-state index is 4.61. The number of halogens is 1. The minimum absolute atomic E-state index is 0.740. The fourth-order valence-electron chi connectivity index (χ4n) is 2.11. The van der Waals surface area contributed by atoms with Crippen molar-refractivity contribution in [1.82, 2.24) is 9.97 Å². The second kappa shape index (κ2) is 5.59. The summed E-state index contributed by atoms with van der Waals surface area (Å²) < 4.78 is 1.04. The Kier molecular flexibility index (Phi) is 3.65. The fraction of sp³-hybridized carbons (Fsp3) is 0.125. The minimum atomic E-state index is 0.740. The van der Waals surface area contributed by atoms with Crippen molar-refractivity contribution in [3.8, 4) is 0 Å². The van der Waals surface area contributed by atoms with E-state index in [-0.39, 0.29) is 0 Å². The van der Waals surface area contributed by atoms with Crippen LogP contribution in [0.3, 0.4) is 0 Å². The molecule has 0 aliphatic carbocycles. The molecule has 0 amide bonds. The third kappa shape index (κ3) is 2.80. The zero-order valence-corrected chi connectivity index (χ0v) is 12.7. The molecule has 1 heterocycles. The van der Waals surface area contributed by atoms with Gasteiger partial charge in [-0.05, 0) is 23.8 Å².